The van der Waals surface area contributed by atoms with Gasteiger partial charge in [-0.25, -0.2) is 0 Å². The van der Waals surface area contributed by atoms with Crippen molar-refractivity contribution in [1.82, 2.24) is 5.32 Å². The average Bonchev–Trinajstić information content (AvgIpc) is 2.56. The van der Waals surface area contributed by atoms with Crippen LogP contribution >= 0.6 is 0 Å². The number of hydrogen-bond donors (Lipinski definition) is 1. The molecule has 0 radical (unpaired) electrons. The fraction of sp³-hybridized carbons (Fsp3) is 0.889. The minimum atomic E-state index is -0.165. The van der Waals surface area contributed by atoms with Gasteiger partial charge in [0.25, 0.3) is 0 Å². The zero-order chi connectivity index (χ0) is 8.81. The minimum absolute atomic E-state index is 0.0703. The second kappa shape index (κ2) is 5.14. The van der Waals surface area contributed by atoms with Crippen molar-refractivity contribution in [1.29, 1.82) is 0 Å². The summed E-state index contributed by atoms with van der Waals surface area (Å²) in [5.74, 6) is 0.0703. The molecule has 0 aromatic rings. The van der Waals surface area contributed by atoms with E-state index < -0.39 is 0 Å². The van der Waals surface area contributed by atoms with Crippen molar-refractivity contribution in [3.63, 3.8) is 0 Å². The standard InChI is InChI=1S/C9H17NO2/c1-2-3-6-10-9(11)8-5-4-7-12-8/h8H,2-7H2,1H3,(H,10,11). The van der Waals surface area contributed by atoms with Crippen LogP contribution in [0.5, 0.6) is 0 Å². The van der Waals surface area contributed by atoms with Crippen molar-refractivity contribution in [2.45, 2.75) is 38.7 Å². The predicted octanol–water partition coefficient (Wildman–Crippen LogP) is 1.08. The Balaban J connectivity index is 2.10. The molecule has 0 saturated carbocycles. The highest BCUT2D eigenvalue weighted by molar-refractivity contribution is 5.80. The zero-order valence-corrected chi connectivity index (χ0v) is 7.64. The van der Waals surface area contributed by atoms with Crippen LogP contribution in [0.15, 0.2) is 0 Å². The molecule has 0 aromatic carbocycles. The Hall–Kier alpha value is -0.570. The maximum atomic E-state index is 11.3. The van der Waals surface area contributed by atoms with Crippen molar-refractivity contribution in [3.05, 3.63) is 0 Å². The van der Waals surface area contributed by atoms with Crippen molar-refractivity contribution in [3.8, 4) is 0 Å². The van der Waals surface area contributed by atoms with Crippen LogP contribution in [0.3, 0.4) is 0 Å². The van der Waals surface area contributed by atoms with Crippen LogP contribution < -0.4 is 5.32 Å². The largest absolute Gasteiger partial charge is 0.368 e. The van der Waals surface area contributed by atoms with Gasteiger partial charge in [0.15, 0.2) is 0 Å². The van der Waals surface area contributed by atoms with Crippen LogP contribution in [0.25, 0.3) is 0 Å². The minimum Gasteiger partial charge on any atom is -0.368 e. The Kier molecular flexibility index (Phi) is 4.08. The summed E-state index contributed by atoms with van der Waals surface area (Å²) in [5.41, 5.74) is 0. The Morgan fingerprint density at radius 2 is 2.50 bits per heavy atom. The molecule has 0 aromatic heterocycles. The summed E-state index contributed by atoms with van der Waals surface area (Å²) in [5, 5.41) is 2.86. The molecule has 1 atom stereocenters. The molecule has 12 heavy (non-hydrogen) atoms. The van der Waals surface area contributed by atoms with Crippen LogP contribution in [-0.2, 0) is 9.53 Å². The summed E-state index contributed by atoms with van der Waals surface area (Å²) in [6, 6.07) is 0. The topological polar surface area (TPSA) is 38.3 Å². The fourth-order valence-corrected chi connectivity index (χ4v) is 1.29. The van der Waals surface area contributed by atoms with Gasteiger partial charge in [-0.15, -0.1) is 0 Å². The molecule has 1 saturated heterocycles. The number of amides is 1. The van der Waals surface area contributed by atoms with Gasteiger partial charge in [0.05, 0.1) is 0 Å². The van der Waals surface area contributed by atoms with E-state index in [1.807, 2.05) is 0 Å². The van der Waals surface area contributed by atoms with Crippen LogP contribution in [0.4, 0.5) is 0 Å². The van der Waals surface area contributed by atoms with E-state index in [4.69, 9.17) is 4.74 Å². The highest BCUT2D eigenvalue weighted by Gasteiger charge is 2.22. The lowest BCUT2D eigenvalue weighted by atomic mass is 10.2. The Morgan fingerprint density at radius 3 is 3.08 bits per heavy atom. The van der Waals surface area contributed by atoms with Crippen molar-refractivity contribution >= 4 is 5.91 Å². The summed E-state index contributed by atoms with van der Waals surface area (Å²) >= 11 is 0. The molecule has 0 spiro atoms. The number of ether oxygens (including phenoxy) is 1. The van der Waals surface area contributed by atoms with Crippen molar-refractivity contribution in [2.75, 3.05) is 13.2 Å². The monoisotopic (exact) mass is 171 g/mol. The van der Waals surface area contributed by atoms with Gasteiger partial charge in [0.1, 0.15) is 6.10 Å². The Morgan fingerprint density at radius 1 is 1.67 bits per heavy atom. The molecule has 1 fully saturated rings. The maximum Gasteiger partial charge on any atom is 0.249 e. The van der Waals surface area contributed by atoms with Crippen molar-refractivity contribution < 1.29 is 9.53 Å². The molecule has 70 valence electrons. The van der Waals surface area contributed by atoms with Gasteiger partial charge in [0.2, 0.25) is 5.91 Å². The number of nitrogens with one attached hydrogen (secondary N) is 1. The molecule has 1 aliphatic heterocycles. The number of carbonyl (C=O) groups excluding carboxylic acids is 1. The maximum absolute atomic E-state index is 11.3. The summed E-state index contributed by atoms with van der Waals surface area (Å²) in [6.45, 7) is 3.64. The van der Waals surface area contributed by atoms with E-state index in [-0.39, 0.29) is 12.0 Å². The third-order valence-electron chi connectivity index (χ3n) is 2.05. The highest BCUT2D eigenvalue weighted by Crippen LogP contribution is 2.11. The smallest absolute Gasteiger partial charge is 0.249 e. The molecule has 3 nitrogen and oxygen atoms in total. The molecule has 1 rings (SSSR count). The molecular formula is C9H17NO2. The van der Waals surface area contributed by atoms with Crippen LogP contribution in [0.2, 0.25) is 0 Å². The second-order valence-electron chi connectivity index (χ2n) is 3.15. The molecule has 1 unspecified atom stereocenters. The van der Waals surface area contributed by atoms with Gasteiger partial charge < -0.3 is 10.1 Å². The van der Waals surface area contributed by atoms with Crippen LogP contribution in [0.1, 0.15) is 32.6 Å². The molecular weight excluding hydrogens is 154 g/mol. The lowest BCUT2D eigenvalue weighted by Gasteiger charge is -2.09. The van der Waals surface area contributed by atoms with Gasteiger partial charge in [0, 0.05) is 13.2 Å². The highest BCUT2D eigenvalue weighted by atomic mass is 16.5. The normalized spacial score (nSPS) is 22.6. The van der Waals surface area contributed by atoms with Gasteiger partial charge in [-0.05, 0) is 19.3 Å². The molecule has 3 heteroatoms. The average molecular weight is 171 g/mol. The van der Waals surface area contributed by atoms with Crippen molar-refractivity contribution in [2.24, 2.45) is 0 Å². The Bertz CT molecular complexity index is 141. The van der Waals surface area contributed by atoms with E-state index in [1.165, 1.54) is 0 Å². The number of carbonyl (C=O) groups is 1. The third-order valence-corrected chi connectivity index (χ3v) is 2.05. The lowest BCUT2D eigenvalue weighted by Crippen LogP contribution is -2.34. The summed E-state index contributed by atoms with van der Waals surface area (Å²) in [7, 11) is 0. The summed E-state index contributed by atoms with van der Waals surface area (Å²) in [4.78, 5) is 11.3. The third kappa shape index (κ3) is 2.81. The fourth-order valence-electron chi connectivity index (χ4n) is 1.29. The predicted molar refractivity (Wildman–Crippen MR) is 46.9 cm³/mol. The molecule has 1 N–H and O–H groups in total. The Labute approximate surface area is 73.5 Å². The quantitative estimate of drug-likeness (QED) is 0.643. The number of unbranched alkanes of at least 4 members (excludes halogenated alkanes) is 1. The number of rotatable bonds is 4. The second-order valence-corrected chi connectivity index (χ2v) is 3.15. The van der Waals surface area contributed by atoms with E-state index in [9.17, 15) is 4.79 Å². The van der Waals surface area contributed by atoms with Gasteiger partial charge in [-0.2, -0.15) is 0 Å². The van der Waals surface area contributed by atoms with E-state index in [2.05, 4.69) is 12.2 Å². The number of hydrogen-bond acceptors (Lipinski definition) is 2. The first-order chi connectivity index (χ1) is 5.84. The van der Waals surface area contributed by atoms with Crippen LogP contribution in [0, 0.1) is 0 Å². The van der Waals surface area contributed by atoms with Crippen LogP contribution in [-0.4, -0.2) is 25.2 Å². The first-order valence-electron chi connectivity index (χ1n) is 4.74. The zero-order valence-electron chi connectivity index (χ0n) is 7.64. The lowest BCUT2D eigenvalue weighted by molar-refractivity contribution is -0.130. The van der Waals surface area contributed by atoms with Gasteiger partial charge in [-0.1, -0.05) is 13.3 Å². The van der Waals surface area contributed by atoms with Gasteiger partial charge >= 0.3 is 0 Å². The summed E-state index contributed by atoms with van der Waals surface area (Å²) in [6.07, 6.45) is 3.91. The van der Waals surface area contributed by atoms with E-state index in [0.717, 1.165) is 38.8 Å². The first kappa shape index (κ1) is 9.52. The molecule has 0 aliphatic carbocycles. The SMILES string of the molecule is CCCCNC(=O)C1CCCO1. The molecule has 1 heterocycles. The van der Waals surface area contributed by atoms with Gasteiger partial charge in [-0.3, -0.25) is 4.79 Å². The molecule has 0 bridgehead atoms. The van der Waals surface area contributed by atoms with E-state index >= 15 is 0 Å². The van der Waals surface area contributed by atoms with E-state index in [0.29, 0.717) is 0 Å². The summed E-state index contributed by atoms with van der Waals surface area (Å²) < 4.78 is 5.23. The van der Waals surface area contributed by atoms with E-state index in [1.54, 1.807) is 0 Å². The molecule has 1 amide bonds. The molecule has 1 aliphatic rings. The first-order valence-corrected chi connectivity index (χ1v) is 4.74.